The minimum Gasteiger partial charge on any atom is -0.335 e. The van der Waals surface area contributed by atoms with Crippen molar-refractivity contribution in [2.75, 3.05) is 0 Å². The molecule has 0 aliphatic heterocycles. The molecule has 2 atom stereocenters. The summed E-state index contributed by atoms with van der Waals surface area (Å²) in [6, 6.07) is 0. The molecule has 1 heterocycles. The molecule has 1 aliphatic carbocycles. The summed E-state index contributed by atoms with van der Waals surface area (Å²) in [5, 5.41) is 0. The highest BCUT2D eigenvalue weighted by Gasteiger charge is 2.24. The van der Waals surface area contributed by atoms with Gasteiger partial charge >= 0.3 is 0 Å². The Balaban J connectivity index is 2.10. The molecule has 15 heavy (non-hydrogen) atoms. The second-order valence-corrected chi connectivity index (χ2v) is 5.73. The van der Waals surface area contributed by atoms with Gasteiger partial charge in [-0.3, -0.25) is 0 Å². The topological polar surface area (TPSA) is 17.8 Å². The maximum absolute atomic E-state index is 4.54. The van der Waals surface area contributed by atoms with E-state index >= 15 is 0 Å². The van der Waals surface area contributed by atoms with Gasteiger partial charge in [-0.05, 0) is 25.7 Å². The largest absolute Gasteiger partial charge is 0.335 e. The minimum atomic E-state index is 0.671. The van der Waals surface area contributed by atoms with E-state index in [1.807, 2.05) is 6.20 Å². The summed E-state index contributed by atoms with van der Waals surface area (Å²) in [5.74, 6) is 1.98. The van der Waals surface area contributed by atoms with E-state index in [1.54, 1.807) is 0 Å². The molecule has 0 amide bonds. The molecule has 1 aromatic rings. The van der Waals surface area contributed by atoms with Gasteiger partial charge in [-0.25, -0.2) is 4.98 Å². The van der Waals surface area contributed by atoms with Gasteiger partial charge in [0.05, 0.1) is 0 Å². The third kappa shape index (κ3) is 2.63. The Bertz CT molecular complexity index is 308. The summed E-state index contributed by atoms with van der Waals surface area (Å²) < 4.78 is 2.33. The lowest BCUT2D eigenvalue weighted by Crippen LogP contribution is -2.17. The van der Waals surface area contributed by atoms with Gasteiger partial charge in [-0.1, -0.05) is 29.3 Å². The number of hydrogen-bond acceptors (Lipinski definition) is 1. The molecule has 0 N–H and O–H groups in total. The van der Waals surface area contributed by atoms with E-state index in [-0.39, 0.29) is 0 Å². The molecule has 0 saturated heterocycles. The number of alkyl halides is 1. The average molecular weight is 271 g/mol. The zero-order valence-corrected chi connectivity index (χ0v) is 10.9. The Hall–Kier alpha value is -0.310. The van der Waals surface area contributed by atoms with Gasteiger partial charge in [-0.15, -0.1) is 0 Å². The van der Waals surface area contributed by atoms with Gasteiger partial charge < -0.3 is 4.57 Å². The van der Waals surface area contributed by atoms with Crippen LogP contribution in [0.5, 0.6) is 0 Å². The molecule has 2 rings (SSSR count). The third-order valence-corrected chi connectivity index (χ3v) is 4.02. The zero-order valence-electron chi connectivity index (χ0n) is 9.32. The predicted molar refractivity (Wildman–Crippen MR) is 66.4 cm³/mol. The van der Waals surface area contributed by atoms with E-state index in [9.17, 15) is 0 Å². The normalized spacial score (nSPS) is 26.8. The van der Waals surface area contributed by atoms with Gasteiger partial charge in [-0.2, -0.15) is 0 Å². The molecule has 84 valence electrons. The van der Waals surface area contributed by atoms with E-state index in [2.05, 4.69) is 38.6 Å². The lowest BCUT2D eigenvalue weighted by atomic mass is 9.88. The van der Waals surface area contributed by atoms with Crippen molar-refractivity contribution in [3.63, 3.8) is 0 Å². The summed E-state index contributed by atoms with van der Waals surface area (Å²) in [4.78, 5) is 5.23. The van der Waals surface area contributed by atoms with E-state index in [0.717, 1.165) is 6.54 Å². The van der Waals surface area contributed by atoms with Crippen molar-refractivity contribution in [2.24, 2.45) is 0 Å². The minimum absolute atomic E-state index is 0.671. The second kappa shape index (κ2) is 5.15. The summed E-state index contributed by atoms with van der Waals surface area (Å²) >= 11 is 3.74. The first kappa shape index (κ1) is 11.2. The lowest BCUT2D eigenvalue weighted by Gasteiger charge is -2.25. The Morgan fingerprint density at radius 2 is 2.40 bits per heavy atom. The van der Waals surface area contributed by atoms with Crippen molar-refractivity contribution < 1.29 is 0 Å². The summed E-state index contributed by atoms with van der Waals surface area (Å²) in [6.45, 7) is 3.33. The first-order valence-electron chi connectivity index (χ1n) is 5.96. The fraction of sp³-hybridized carbons (Fsp3) is 0.750. The molecule has 2 nitrogen and oxygen atoms in total. The van der Waals surface area contributed by atoms with Crippen LogP contribution in [0.2, 0.25) is 0 Å². The summed E-state index contributed by atoms with van der Waals surface area (Å²) in [6.07, 6.45) is 10.5. The highest BCUT2D eigenvalue weighted by atomic mass is 79.9. The molecule has 0 bridgehead atoms. The number of aryl methyl sites for hydroxylation is 1. The predicted octanol–water partition coefficient (Wildman–Crippen LogP) is 3.71. The number of aromatic nitrogens is 2. The van der Waals surface area contributed by atoms with Crippen molar-refractivity contribution in [3.8, 4) is 0 Å². The summed E-state index contributed by atoms with van der Waals surface area (Å²) in [7, 11) is 0. The molecule has 0 spiro atoms. The van der Waals surface area contributed by atoms with Crippen LogP contribution < -0.4 is 0 Å². The fourth-order valence-corrected chi connectivity index (χ4v) is 3.25. The number of rotatable bonds is 3. The van der Waals surface area contributed by atoms with E-state index in [0.29, 0.717) is 10.7 Å². The molecule has 1 aliphatic rings. The van der Waals surface area contributed by atoms with Gasteiger partial charge in [0.1, 0.15) is 5.82 Å². The lowest BCUT2D eigenvalue weighted by molar-refractivity contribution is 0.426. The molecular formula is C12H19BrN2. The Morgan fingerprint density at radius 1 is 1.53 bits per heavy atom. The van der Waals surface area contributed by atoms with Crippen LogP contribution >= 0.6 is 15.9 Å². The quantitative estimate of drug-likeness (QED) is 0.766. The van der Waals surface area contributed by atoms with Crippen LogP contribution in [0.4, 0.5) is 0 Å². The van der Waals surface area contributed by atoms with E-state index in [1.165, 1.54) is 37.9 Å². The molecule has 0 aromatic carbocycles. The summed E-state index contributed by atoms with van der Waals surface area (Å²) in [5.41, 5.74) is 0. The first-order chi connectivity index (χ1) is 7.31. The maximum atomic E-state index is 4.54. The highest BCUT2D eigenvalue weighted by molar-refractivity contribution is 9.09. The monoisotopic (exact) mass is 270 g/mol. The number of nitrogens with zero attached hydrogens (tertiary/aromatic N) is 2. The zero-order chi connectivity index (χ0) is 10.7. The van der Waals surface area contributed by atoms with Crippen molar-refractivity contribution in [1.29, 1.82) is 0 Å². The Morgan fingerprint density at radius 3 is 3.13 bits per heavy atom. The molecule has 1 aromatic heterocycles. The fourth-order valence-electron chi connectivity index (χ4n) is 2.48. The van der Waals surface area contributed by atoms with Crippen molar-refractivity contribution >= 4 is 15.9 Å². The van der Waals surface area contributed by atoms with E-state index in [4.69, 9.17) is 0 Å². The molecule has 2 unspecified atom stereocenters. The van der Waals surface area contributed by atoms with Crippen LogP contribution in [0.3, 0.4) is 0 Å². The van der Waals surface area contributed by atoms with Crippen LogP contribution in [-0.4, -0.2) is 14.4 Å². The smallest absolute Gasteiger partial charge is 0.111 e. The number of hydrogen-bond donors (Lipinski definition) is 0. The number of halogens is 1. The van der Waals surface area contributed by atoms with Crippen LogP contribution in [-0.2, 0) is 6.54 Å². The van der Waals surface area contributed by atoms with Crippen LogP contribution in [0.1, 0.15) is 50.8 Å². The van der Waals surface area contributed by atoms with Gasteiger partial charge in [0.25, 0.3) is 0 Å². The molecule has 3 heteroatoms. The van der Waals surface area contributed by atoms with Crippen molar-refractivity contribution in [1.82, 2.24) is 9.55 Å². The van der Waals surface area contributed by atoms with Crippen LogP contribution in [0.25, 0.3) is 0 Å². The van der Waals surface area contributed by atoms with Crippen molar-refractivity contribution in [2.45, 2.75) is 56.3 Å². The standard InChI is InChI=1S/C12H19BrN2/c1-2-7-15-8-6-14-12(15)10-4-3-5-11(13)9-10/h6,8,10-11H,2-5,7,9H2,1H3. The molecule has 1 fully saturated rings. The van der Waals surface area contributed by atoms with Crippen molar-refractivity contribution in [3.05, 3.63) is 18.2 Å². The second-order valence-electron chi connectivity index (χ2n) is 4.44. The Labute approximate surface area is 100 Å². The number of imidazole rings is 1. The van der Waals surface area contributed by atoms with Crippen LogP contribution in [0.15, 0.2) is 12.4 Å². The highest BCUT2D eigenvalue weighted by Crippen LogP contribution is 2.35. The molecule has 0 radical (unpaired) electrons. The maximum Gasteiger partial charge on any atom is 0.111 e. The van der Waals surface area contributed by atoms with Gasteiger partial charge in [0, 0.05) is 29.7 Å². The molecular weight excluding hydrogens is 252 g/mol. The Kier molecular flexibility index (Phi) is 3.84. The first-order valence-corrected chi connectivity index (χ1v) is 6.88. The van der Waals surface area contributed by atoms with E-state index < -0.39 is 0 Å². The van der Waals surface area contributed by atoms with Gasteiger partial charge in [0.2, 0.25) is 0 Å². The average Bonchev–Trinajstić information content (AvgIpc) is 2.66. The third-order valence-electron chi connectivity index (χ3n) is 3.19. The molecule has 1 saturated carbocycles. The van der Waals surface area contributed by atoms with Gasteiger partial charge in [0.15, 0.2) is 0 Å². The van der Waals surface area contributed by atoms with Crippen LogP contribution in [0, 0.1) is 0 Å². The SMILES string of the molecule is CCCn1ccnc1C1CCCC(Br)C1.